The topological polar surface area (TPSA) is 58.6 Å². The Morgan fingerprint density at radius 2 is 1.81 bits per heavy atom. The van der Waals surface area contributed by atoms with Gasteiger partial charge in [0.1, 0.15) is 5.75 Å². The average Bonchev–Trinajstić information content (AvgIpc) is 3.16. The van der Waals surface area contributed by atoms with Gasteiger partial charge in [0, 0.05) is 12.1 Å². The molecule has 1 unspecified atom stereocenters. The second-order valence-corrected chi connectivity index (χ2v) is 7.03. The summed E-state index contributed by atoms with van der Waals surface area (Å²) >= 11 is 0. The lowest BCUT2D eigenvalue weighted by Gasteiger charge is -2.25. The average molecular weight is 366 g/mol. The second kappa shape index (κ2) is 8.71. The van der Waals surface area contributed by atoms with Gasteiger partial charge in [-0.15, -0.1) is 0 Å². The number of ether oxygens (including phenoxy) is 1. The molecule has 3 rings (SSSR count). The molecule has 142 valence electrons. The van der Waals surface area contributed by atoms with Gasteiger partial charge in [-0.2, -0.15) is 0 Å². The molecule has 2 amide bonds. The van der Waals surface area contributed by atoms with Crippen LogP contribution in [0.15, 0.2) is 54.6 Å². The monoisotopic (exact) mass is 366 g/mol. The largest absolute Gasteiger partial charge is 0.491 e. The van der Waals surface area contributed by atoms with Crippen LogP contribution >= 0.6 is 0 Å². The Hall–Kier alpha value is -2.82. The van der Waals surface area contributed by atoms with Gasteiger partial charge in [0.15, 0.2) is 0 Å². The minimum absolute atomic E-state index is 0.00636. The molecule has 1 heterocycles. The smallest absolute Gasteiger partial charge is 0.251 e. The molecule has 1 aliphatic heterocycles. The van der Waals surface area contributed by atoms with Crippen LogP contribution in [-0.4, -0.2) is 35.9 Å². The molecule has 1 fully saturated rings. The lowest BCUT2D eigenvalue weighted by atomic mass is 10.0. The van der Waals surface area contributed by atoms with E-state index in [1.54, 1.807) is 24.3 Å². The van der Waals surface area contributed by atoms with E-state index < -0.39 is 0 Å². The van der Waals surface area contributed by atoms with Crippen LogP contribution < -0.4 is 10.1 Å². The number of rotatable bonds is 6. The van der Waals surface area contributed by atoms with Crippen molar-refractivity contribution >= 4 is 11.8 Å². The Kier molecular flexibility index (Phi) is 6.12. The fourth-order valence-electron chi connectivity index (χ4n) is 3.40. The molecular formula is C22H26N2O3. The molecule has 2 aromatic carbocycles. The summed E-state index contributed by atoms with van der Waals surface area (Å²) in [6, 6.07) is 17.1. The first-order valence-electron chi connectivity index (χ1n) is 9.44. The van der Waals surface area contributed by atoms with E-state index in [9.17, 15) is 9.59 Å². The van der Waals surface area contributed by atoms with E-state index in [4.69, 9.17) is 4.74 Å². The third-order valence-electron chi connectivity index (χ3n) is 4.65. The Bertz CT molecular complexity index is 772. The van der Waals surface area contributed by atoms with E-state index in [0.717, 1.165) is 30.7 Å². The molecule has 0 saturated carbocycles. The van der Waals surface area contributed by atoms with Gasteiger partial charge in [-0.3, -0.25) is 9.59 Å². The minimum atomic E-state index is -0.255. The molecule has 1 saturated heterocycles. The van der Waals surface area contributed by atoms with Crippen LogP contribution in [-0.2, 0) is 4.79 Å². The van der Waals surface area contributed by atoms with Gasteiger partial charge in [-0.25, -0.2) is 0 Å². The predicted octanol–water partition coefficient (Wildman–Crippen LogP) is 3.57. The highest BCUT2D eigenvalue weighted by molar-refractivity contribution is 5.96. The fourth-order valence-corrected chi connectivity index (χ4v) is 3.40. The summed E-state index contributed by atoms with van der Waals surface area (Å²) in [4.78, 5) is 26.8. The summed E-state index contributed by atoms with van der Waals surface area (Å²) in [6.07, 6.45) is 2.03. The number of nitrogens with zero attached hydrogens (tertiary/aromatic N) is 1. The van der Waals surface area contributed by atoms with E-state index in [1.165, 1.54) is 0 Å². The lowest BCUT2D eigenvalue weighted by Crippen LogP contribution is -2.39. The molecule has 0 radical (unpaired) electrons. The summed E-state index contributed by atoms with van der Waals surface area (Å²) in [5.74, 6) is 0.421. The number of benzene rings is 2. The highest BCUT2D eigenvalue weighted by atomic mass is 16.5. The maximum absolute atomic E-state index is 12.6. The van der Waals surface area contributed by atoms with Crippen LogP contribution in [0.4, 0.5) is 0 Å². The van der Waals surface area contributed by atoms with Crippen molar-refractivity contribution in [3.63, 3.8) is 0 Å². The van der Waals surface area contributed by atoms with Gasteiger partial charge >= 0.3 is 0 Å². The maximum atomic E-state index is 12.6. The highest BCUT2D eigenvalue weighted by Crippen LogP contribution is 2.31. The molecule has 5 heteroatoms. The number of nitrogens with one attached hydrogen (secondary N) is 1. The Labute approximate surface area is 160 Å². The van der Waals surface area contributed by atoms with Gasteiger partial charge in [0.25, 0.3) is 5.91 Å². The fraction of sp³-hybridized carbons (Fsp3) is 0.364. The third kappa shape index (κ3) is 4.88. The van der Waals surface area contributed by atoms with Crippen molar-refractivity contribution in [1.29, 1.82) is 0 Å². The van der Waals surface area contributed by atoms with E-state index in [0.29, 0.717) is 5.56 Å². The van der Waals surface area contributed by atoms with Crippen molar-refractivity contribution < 1.29 is 14.3 Å². The van der Waals surface area contributed by atoms with Crippen molar-refractivity contribution in [2.75, 3.05) is 13.1 Å². The summed E-state index contributed by atoms with van der Waals surface area (Å²) in [7, 11) is 0. The van der Waals surface area contributed by atoms with Gasteiger partial charge in [0.2, 0.25) is 5.91 Å². The number of hydrogen-bond acceptors (Lipinski definition) is 3. The van der Waals surface area contributed by atoms with Crippen molar-refractivity contribution in [3.05, 3.63) is 65.7 Å². The van der Waals surface area contributed by atoms with Gasteiger partial charge in [0.05, 0.1) is 18.7 Å². The van der Waals surface area contributed by atoms with Gasteiger partial charge < -0.3 is 15.0 Å². The Balaban J connectivity index is 1.56. The molecule has 0 spiro atoms. The van der Waals surface area contributed by atoms with Crippen LogP contribution in [0.5, 0.6) is 5.75 Å². The van der Waals surface area contributed by atoms with Crippen molar-refractivity contribution in [1.82, 2.24) is 10.2 Å². The lowest BCUT2D eigenvalue weighted by molar-refractivity contribution is -0.131. The number of amides is 2. The maximum Gasteiger partial charge on any atom is 0.251 e. The minimum Gasteiger partial charge on any atom is -0.491 e. The van der Waals surface area contributed by atoms with E-state index >= 15 is 0 Å². The zero-order chi connectivity index (χ0) is 19.2. The molecule has 27 heavy (non-hydrogen) atoms. The quantitative estimate of drug-likeness (QED) is 0.850. The molecule has 1 aliphatic rings. The molecular weight excluding hydrogens is 340 g/mol. The van der Waals surface area contributed by atoms with Crippen LogP contribution in [0.3, 0.4) is 0 Å². The first-order chi connectivity index (χ1) is 13.0. The van der Waals surface area contributed by atoms with Crippen LogP contribution in [0.2, 0.25) is 0 Å². The van der Waals surface area contributed by atoms with Gasteiger partial charge in [-0.1, -0.05) is 30.3 Å². The molecule has 2 aromatic rings. The molecule has 0 aliphatic carbocycles. The van der Waals surface area contributed by atoms with Crippen LogP contribution in [0, 0.1) is 0 Å². The second-order valence-electron chi connectivity index (χ2n) is 7.03. The van der Waals surface area contributed by atoms with Crippen molar-refractivity contribution in [2.24, 2.45) is 0 Å². The standard InChI is InChI=1S/C22H26N2O3/c1-16(2)27-19-12-10-18(11-13-19)22(26)23-15-21(25)24-14-6-9-20(24)17-7-4-3-5-8-17/h3-5,7-8,10-13,16,20H,6,9,14-15H2,1-2H3,(H,23,26). The Morgan fingerprint density at radius 3 is 2.48 bits per heavy atom. The number of carbonyl (C=O) groups is 2. The summed E-state index contributed by atoms with van der Waals surface area (Å²) in [5.41, 5.74) is 1.66. The van der Waals surface area contributed by atoms with Crippen LogP contribution in [0.1, 0.15) is 48.7 Å². The first-order valence-corrected chi connectivity index (χ1v) is 9.44. The van der Waals surface area contributed by atoms with Crippen molar-refractivity contribution in [2.45, 2.75) is 38.8 Å². The summed E-state index contributed by atoms with van der Waals surface area (Å²) < 4.78 is 5.58. The van der Waals surface area contributed by atoms with Gasteiger partial charge in [-0.05, 0) is 56.5 Å². The molecule has 0 aromatic heterocycles. The predicted molar refractivity (Wildman–Crippen MR) is 105 cm³/mol. The number of likely N-dealkylation sites (tertiary alicyclic amines) is 1. The summed E-state index contributed by atoms with van der Waals surface area (Å²) in [5, 5.41) is 2.74. The summed E-state index contributed by atoms with van der Waals surface area (Å²) in [6.45, 7) is 4.64. The zero-order valence-corrected chi connectivity index (χ0v) is 15.9. The molecule has 5 nitrogen and oxygen atoms in total. The molecule has 1 N–H and O–H groups in total. The zero-order valence-electron chi connectivity index (χ0n) is 15.9. The van der Waals surface area contributed by atoms with Crippen LogP contribution in [0.25, 0.3) is 0 Å². The molecule has 0 bridgehead atoms. The highest BCUT2D eigenvalue weighted by Gasteiger charge is 2.29. The van der Waals surface area contributed by atoms with Crippen molar-refractivity contribution in [3.8, 4) is 5.75 Å². The first kappa shape index (κ1) is 19.0. The van der Waals surface area contributed by atoms with E-state index in [-0.39, 0.29) is 30.5 Å². The SMILES string of the molecule is CC(C)Oc1ccc(C(=O)NCC(=O)N2CCCC2c2ccccc2)cc1. The third-order valence-corrected chi connectivity index (χ3v) is 4.65. The normalized spacial score (nSPS) is 16.4. The molecule has 1 atom stereocenters. The number of carbonyl (C=O) groups excluding carboxylic acids is 2. The van der Waals surface area contributed by atoms with E-state index in [2.05, 4.69) is 17.4 Å². The van der Waals surface area contributed by atoms with E-state index in [1.807, 2.05) is 36.9 Å². The Morgan fingerprint density at radius 1 is 1.11 bits per heavy atom. The number of hydrogen-bond donors (Lipinski definition) is 1.